The molecule has 1 aromatic carbocycles. The Morgan fingerprint density at radius 1 is 1.26 bits per heavy atom. The Kier molecular flexibility index (Phi) is 6.29. The van der Waals surface area contributed by atoms with E-state index in [0.29, 0.717) is 5.92 Å². The quantitative estimate of drug-likeness (QED) is 0.803. The smallest absolute Gasteiger partial charge is 0.123 e. The molecule has 0 aliphatic carbocycles. The van der Waals surface area contributed by atoms with Crippen LogP contribution in [0.5, 0.6) is 0 Å². The van der Waals surface area contributed by atoms with E-state index in [1.54, 1.807) is 12.1 Å². The van der Waals surface area contributed by atoms with E-state index in [9.17, 15) is 4.39 Å². The normalized spacial score (nSPS) is 14.2. The average molecular weight is 266 g/mol. The molecular weight excluding hydrogens is 239 g/mol. The van der Waals surface area contributed by atoms with Crippen LogP contribution >= 0.6 is 0 Å². The number of rotatable bonds is 7. The maximum Gasteiger partial charge on any atom is 0.123 e. The second kappa shape index (κ2) is 7.49. The second-order valence-electron chi connectivity index (χ2n) is 5.38. The van der Waals surface area contributed by atoms with E-state index in [1.807, 2.05) is 6.07 Å². The highest BCUT2D eigenvalue weighted by atomic mass is 19.1. The Hall–Kier alpha value is -1.09. The highest BCUT2D eigenvalue weighted by Crippen LogP contribution is 2.27. The van der Waals surface area contributed by atoms with Crippen molar-refractivity contribution < 1.29 is 4.39 Å². The summed E-state index contributed by atoms with van der Waals surface area (Å²) in [5, 5.41) is 3.36. The summed E-state index contributed by atoms with van der Waals surface area (Å²) in [5.74, 6) is 0.470. The van der Waals surface area contributed by atoms with Crippen LogP contribution in [0.25, 0.3) is 0 Å². The number of nitrogens with one attached hydrogen (secondary N) is 1. The van der Waals surface area contributed by atoms with Gasteiger partial charge in [0.2, 0.25) is 0 Å². The molecule has 1 aromatic rings. The van der Waals surface area contributed by atoms with Crippen LogP contribution in [0.4, 0.5) is 10.1 Å². The van der Waals surface area contributed by atoms with E-state index in [-0.39, 0.29) is 11.9 Å². The summed E-state index contributed by atoms with van der Waals surface area (Å²) in [5.41, 5.74) is 2.16. The zero-order valence-corrected chi connectivity index (χ0v) is 12.8. The van der Waals surface area contributed by atoms with Crippen LogP contribution in [-0.2, 0) is 0 Å². The minimum atomic E-state index is -0.166. The summed E-state index contributed by atoms with van der Waals surface area (Å²) in [6.07, 6.45) is 1.16. The van der Waals surface area contributed by atoms with E-state index < -0.39 is 0 Å². The summed E-state index contributed by atoms with van der Waals surface area (Å²) >= 11 is 0. The van der Waals surface area contributed by atoms with Crippen LogP contribution in [0, 0.1) is 11.7 Å². The van der Waals surface area contributed by atoms with Gasteiger partial charge in [-0.25, -0.2) is 4.39 Å². The molecule has 2 atom stereocenters. The molecule has 0 saturated heterocycles. The van der Waals surface area contributed by atoms with Gasteiger partial charge in [0.25, 0.3) is 0 Å². The fraction of sp³-hybridized carbons (Fsp3) is 0.625. The van der Waals surface area contributed by atoms with Crippen molar-refractivity contribution in [3.63, 3.8) is 0 Å². The Morgan fingerprint density at radius 2 is 1.95 bits per heavy atom. The molecule has 0 fully saturated rings. The topological polar surface area (TPSA) is 15.3 Å². The van der Waals surface area contributed by atoms with Gasteiger partial charge in [-0.3, -0.25) is 0 Å². The molecule has 3 heteroatoms. The molecule has 0 saturated carbocycles. The number of hydrogen-bond acceptors (Lipinski definition) is 2. The Labute approximate surface area is 117 Å². The van der Waals surface area contributed by atoms with E-state index in [4.69, 9.17) is 0 Å². The van der Waals surface area contributed by atoms with E-state index in [1.165, 1.54) is 0 Å². The van der Waals surface area contributed by atoms with Crippen molar-refractivity contribution in [3.05, 3.63) is 29.6 Å². The van der Waals surface area contributed by atoms with Gasteiger partial charge in [-0.15, -0.1) is 0 Å². The van der Waals surface area contributed by atoms with Crippen LogP contribution < -0.4 is 10.2 Å². The van der Waals surface area contributed by atoms with Gasteiger partial charge in [-0.2, -0.15) is 0 Å². The first-order valence-corrected chi connectivity index (χ1v) is 7.23. The average Bonchev–Trinajstić information content (AvgIpc) is 2.38. The van der Waals surface area contributed by atoms with Crippen molar-refractivity contribution in [1.82, 2.24) is 5.32 Å². The maximum atomic E-state index is 13.5. The van der Waals surface area contributed by atoms with Crippen LogP contribution in [0.3, 0.4) is 0 Å². The molecule has 0 aliphatic rings. The van der Waals surface area contributed by atoms with Gasteiger partial charge < -0.3 is 10.2 Å². The minimum Gasteiger partial charge on any atom is -0.374 e. The van der Waals surface area contributed by atoms with Gasteiger partial charge in [0.15, 0.2) is 0 Å². The van der Waals surface area contributed by atoms with Gasteiger partial charge in [0.05, 0.1) is 0 Å². The summed E-state index contributed by atoms with van der Waals surface area (Å²) < 4.78 is 13.5. The summed E-state index contributed by atoms with van der Waals surface area (Å²) in [7, 11) is 2.08. The van der Waals surface area contributed by atoms with Crippen molar-refractivity contribution >= 4 is 5.69 Å². The highest BCUT2D eigenvalue weighted by Gasteiger charge is 2.15. The van der Waals surface area contributed by atoms with Crippen molar-refractivity contribution in [2.24, 2.45) is 5.92 Å². The lowest BCUT2D eigenvalue weighted by atomic mass is 10.0. The molecule has 0 aliphatic heterocycles. The van der Waals surface area contributed by atoms with Gasteiger partial charge in [0, 0.05) is 25.3 Å². The molecule has 0 heterocycles. The molecule has 0 aromatic heterocycles. The van der Waals surface area contributed by atoms with Gasteiger partial charge in [0.1, 0.15) is 5.82 Å². The number of anilines is 1. The molecule has 0 bridgehead atoms. The fourth-order valence-electron chi connectivity index (χ4n) is 2.33. The molecule has 0 amide bonds. The number of benzene rings is 1. The molecule has 0 radical (unpaired) electrons. The van der Waals surface area contributed by atoms with Crippen LogP contribution in [0.15, 0.2) is 18.2 Å². The van der Waals surface area contributed by atoms with Crippen LogP contribution in [-0.4, -0.2) is 20.1 Å². The molecular formula is C16H27FN2. The predicted molar refractivity (Wildman–Crippen MR) is 81.2 cm³/mol. The molecule has 2 nitrogen and oxygen atoms in total. The first-order valence-electron chi connectivity index (χ1n) is 7.23. The van der Waals surface area contributed by atoms with Crippen molar-refractivity contribution in [3.8, 4) is 0 Å². The lowest BCUT2D eigenvalue weighted by Crippen LogP contribution is -2.27. The van der Waals surface area contributed by atoms with Gasteiger partial charge in [-0.05, 0) is 43.1 Å². The third-order valence-corrected chi connectivity index (χ3v) is 3.66. The van der Waals surface area contributed by atoms with Gasteiger partial charge in [-0.1, -0.05) is 27.2 Å². The number of nitrogens with zero attached hydrogens (tertiary/aromatic N) is 1. The van der Waals surface area contributed by atoms with Crippen LogP contribution in [0.1, 0.15) is 45.7 Å². The van der Waals surface area contributed by atoms with E-state index in [2.05, 4.69) is 45.0 Å². The standard InChI is InChI=1S/C16H27FN2/c1-6-12(3)11-19(5)16-9-8-14(17)10-15(16)13(4)18-7-2/h8-10,12-13,18H,6-7,11H2,1-5H3. The third kappa shape index (κ3) is 4.50. The van der Waals surface area contributed by atoms with Crippen molar-refractivity contribution in [2.45, 2.75) is 40.2 Å². The summed E-state index contributed by atoms with van der Waals surface area (Å²) in [6, 6.07) is 5.25. The molecule has 2 unspecified atom stereocenters. The van der Waals surface area contributed by atoms with Crippen LogP contribution in [0.2, 0.25) is 0 Å². The van der Waals surface area contributed by atoms with E-state index >= 15 is 0 Å². The Morgan fingerprint density at radius 3 is 2.53 bits per heavy atom. The largest absolute Gasteiger partial charge is 0.374 e. The molecule has 1 rings (SSSR count). The predicted octanol–water partition coefficient (Wildman–Crippen LogP) is 3.98. The lowest BCUT2D eigenvalue weighted by Gasteiger charge is -2.27. The van der Waals surface area contributed by atoms with Crippen molar-refractivity contribution in [2.75, 3.05) is 25.0 Å². The zero-order chi connectivity index (χ0) is 14.4. The maximum absolute atomic E-state index is 13.5. The third-order valence-electron chi connectivity index (χ3n) is 3.66. The monoisotopic (exact) mass is 266 g/mol. The number of hydrogen-bond donors (Lipinski definition) is 1. The Bertz CT molecular complexity index is 392. The SMILES string of the molecule is CCNC(C)c1cc(F)ccc1N(C)CC(C)CC. The Balaban J connectivity index is 2.98. The molecule has 108 valence electrons. The highest BCUT2D eigenvalue weighted by molar-refractivity contribution is 5.54. The fourth-order valence-corrected chi connectivity index (χ4v) is 2.33. The number of halogens is 1. The lowest BCUT2D eigenvalue weighted by molar-refractivity contribution is 0.551. The molecule has 1 N–H and O–H groups in total. The zero-order valence-electron chi connectivity index (χ0n) is 12.8. The summed E-state index contributed by atoms with van der Waals surface area (Å²) in [6.45, 7) is 10.5. The molecule has 0 spiro atoms. The first-order chi connectivity index (χ1) is 8.99. The minimum absolute atomic E-state index is 0.162. The summed E-state index contributed by atoms with van der Waals surface area (Å²) in [4.78, 5) is 2.23. The first kappa shape index (κ1) is 16.0. The van der Waals surface area contributed by atoms with E-state index in [0.717, 1.165) is 30.8 Å². The molecule has 19 heavy (non-hydrogen) atoms. The second-order valence-corrected chi connectivity index (χ2v) is 5.38. The van der Waals surface area contributed by atoms with Crippen molar-refractivity contribution in [1.29, 1.82) is 0 Å². The van der Waals surface area contributed by atoms with Gasteiger partial charge >= 0.3 is 0 Å².